The Kier molecular flexibility index (Phi) is 8.50. The van der Waals surface area contributed by atoms with Crippen LogP contribution in [0.2, 0.25) is 0 Å². The van der Waals surface area contributed by atoms with Crippen LogP contribution in [0.3, 0.4) is 0 Å². The van der Waals surface area contributed by atoms with E-state index in [0.29, 0.717) is 58.7 Å². The summed E-state index contributed by atoms with van der Waals surface area (Å²) in [7, 11) is 0. The molecule has 0 amide bonds. The van der Waals surface area contributed by atoms with Crippen LogP contribution in [0.15, 0.2) is 72.8 Å². The highest BCUT2D eigenvalue weighted by Crippen LogP contribution is 2.58. The molecule has 4 aromatic rings. The number of aliphatic hydroxyl groups excluding tert-OH is 1. The number of aryl methyl sites for hydroxylation is 1. The Bertz CT molecular complexity index is 1970. The molecule has 2 aliphatic carbocycles. The minimum Gasteiger partial charge on any atom is -0.507 e. The van der Waals surface area contributed by atoms with E-state index in [9.17, 15) is 30.6 Å². The van der Waals surface area contributed by atoms with Crippen molar-refractivity contribution in [1.29, 1.82) is 0 Å². The molecule has 2 saturated heterocycles. The van der Waals surface area contributed by atoms with Crippen molar-refractivity contribution >= 4 is 22.9 Å². The van der Waals surface area contributed by atoms with Crippen LogP contribution >= 0.6 is 0 Å². The third-order valence-corrected chi connectivity index (χ3v) is 12.1. The SMILES string of the molecule is OC[C@H]1CC[C@@H]2C=C[C@@H]3C[C@H]2[C@]12C[C@@H](NCc1ccc(CCc4c(O)c(O)c5c(O)cccc5c4/C=C/c4ccc(O)c(O)c4)cc1)C[C@@H]3O2. The van der Waals surface area contributed by atoms with Gasteiger partial charge >= 0.3 is 0 Å². The van der Waals surface area contributed by atoms with Crippen molar-refractivity contribution in [2.45, 2.75) is 69.2 Å². The molecule has 3 fully saturated rings. The standard InChI is InChI=1S/C42H45NO7/c44-23-29-14-13-27-11-12-28-19-34(27)42(29)21-30(20-38(28)50-42)43-22-26-6-4-24(5-7-26)8-16-33-31(15-9-25-10-17-35(45)37(47)18-25)32-2-1-3-36(46)39(32)41(49)40(33)48/h1-7,9-12,15,17-18,27-30,34,38,43-49H,8,13-14,16,19-23H2/b15-9+/t27-,28+,29+,30-,34+,38-,42-/m0/s1. The van der Waals surface area contributed by atoms with Gasteiger partial charge in [-0.05, 0) is 103 Å². The molecule has 2 aliphatic heterocycles. The molecule has 2 heterocycles. The van der Waals surface area contributed by atoms with E-state index in [1.54, 1.807) is 30.4 Å². The van der Waals surface area contributed by atoms with Gasteiger partial charge in [0.25, 0.3) is 0 Å². The van der Waals surface area contributed by atoms with Crippen LogP contribution in [0.1, 0.15) is 59.9 Å². The van der Waals surface area contributed by atoms with Crippen LogP contribution < -0.4 is 5.32 Å². The molecule has 4 aromatic carbocycles. The van der Waals surface area contributed by atoms with E-state index in [1.165, 1.54) is 30.2 Å². The predicted octanol–water partition coefficient (Wildman–Crippen LogP) is 6.92. The second-order valence-electron chi connectivity index (χ2n) is 14.8. The second-order valence-corrected chi connectivity index (χ2v) is 14.8. The van der Waals surface area contributed by atoms with Gasteiger partial charge in [0, 0.05) is 36.6 Å². The highest BCUT2D eigenvalue weighted by Gasteiger charge is 2.60. The summed E-state index contributed by atoms with van der Waals surface area (Å²) in [5.41, 5.74) is 3.86. The number of aromatic hydroxyl groups is 5. The molecular weight excluding hydrogens is 630 g/mol. The van der Waals surface area contributed by atoms with E-state index in [2.05, 4.69) is 41.7 Å². The summed E-state index contributed by atoms with van der Waals surface area (Å²) in [6.45, 7) is 0.940. The van der Waals surface area contributed by atoms with E-state index in [1.807, 2.05) is 0 Å². The number of allylic oxidation sites excluding steroid dienone is 1. The number of aliphatic hydroxyl groups is 1. The number of fused-ring (bicyclic) bond motifs is 4. The molecule has 50 heavy (non-hydrogen) atoms. The van der Waals surface area contributed by atoms with Crippen molar-refractivity contribution in [1.82, 2.24) is 5.32 Å². The van der Waals surface area contributed by atoms with Gasteiger partial charge in [-0.15, -0.1) is 0 Å². The number of phenols is 5. The minimum absolute atomic E-state index is 0.137. The van der Waals surface area contributed by atoms with E-state index >= 15 is 0 Å². The van der Waals surface area contributed by atoms with Gasteiger partial charge in [-0.2, -0.15) is 0 Å². The number of ether oxygens (including phenoxy) is 1. The maximum absolute atomic E-state index is 11.2. The zero-order valence-corrected chi connectivity index (χ0v) is 28.0. The molecule has 0 radical (unpaired) electrons. The van der Waals surface area contributed by atoms with Crippen LogP contribution in [0.4, 0.5) is 0 Å². The third kappa shape index (κ3) is 5.69. The summed E-state index contributed by atoms with van der Waals surface area (Å²) in [5.74, 6) is 0.501. The summed E-state index contributed by atoms with van der Waals surface area (Å²) in [4.78, 5) is 0. The van der Waals surface area contributed by atoms with Gasteiger partial charge in [0.1, 0.15) is 5.75 Å². The number of benzene rings is 4. The van der Waals surface area contributed by atoms with Gasteiger partial charge in [-0.25, -0.2) is 0 Å². The molecule has 8 heteroatoms. The first-order valence-corrected chi connectivity index (χ1v) is 17.9. The first kappa shape index (κ1) is 32.7. The fourth-order valence-electron chi connectivity index (χ4n) is 9.52. The first-order chi connectivity index (χ1) is 24.2. The number of hydrogen-bond acceptors (Lipinski definition) is 8. The molecule has 4 aliphatic rings. The Balaban J connectivity index is 0.981. The lowest BCUT2D eigenvalue weighted by atomic mass is 9.53. The van der Waals surface area contributed by atoms with Crippen LogP contribution in [-0.2, 0) is 24.1 Å². The molecule has 8 rings (SSSR count). The smallest absolute Gasteiger partial charge is 0.169 e. The van der Waals surface area contributed by atoms with Gasteiger partial charge in [0.2, 0.25) is 0 Å². The van der Waals surface area contributed by atoms with Crippen LogP contribution in [-0.4, -0.2) is 55.0 Å². The largest absolute Gasteiger partial charge is 0.507 e. The van der Waals surface area contributed by atoms with Crippen molar-refractivity contribution in [3.8, 4) is 28.7 Å². The Morgan fingerprint density at radius 1 is 0.780 bits per heavy atom. The van der Waals surface area contributed by atoms with Crippen molar-refractivity contribution in [3.05, 3.63) is 101 Å². The Labute approximate surface area is 292 Å². The average Bonchev–Trinajstić information content (AvgIpc) is 3.12. The van der Waals surface area contributed by atoms with E-state index in [0.717, 1.165) is 37.8 Å². The summed E-state index contributed by atoms with van der Waals surface area (Å²) < 4.78 is 6.89. The maximum atomic E-state index is 11.2. The molecule has 260 valence electrons. The van der Waals surface area contributed by atoms with Gasteiger partial charge in [-0.1, -0.05) is 66.8 Å². The van der Waals surface area contributed by atoms with Crippen LogP contribution in [0.25, 0.3) is 22.9 Å². The lowest BCUT2D eigenvalue weighted by molar-refractivity contribution is -0.264. The molecular formula is C42H45NO7. The van der Waals surface area contributed by atoms with Crippen molar-refractivity contribution in [3.63, 3.8) is 0 Å². The first-order valence-electron chi connectivity index (χ1n) is 17.9. The quantitative estimate of drug-likeness (QED) is 0.0576. The molecule has 7 N–H and O–H groups in total. The monoisotopic (exact) mass is 675 g/mol. The Hall–Kier alpha value is -4.50. The molecule has 7 atom stereocenters. The minimum atomic E-state index is -0.362. The van der Waals surface area contributed by atoms with Crippen molar-refractivity contribution in [2.24, 2.45) is 23.7 Å². The van der Waals surface area contributed by atoms with E-state index < -0.39 is 0 Å². The lowest BCUT2D eigenvalue weighted by Crippen LogP contribution is -2.66. The molecule has 0 aromatic heterocycles. The zero-order chi connectivity index (χ0) is 34.6. The lowest BCUT2D eigenvalue weighted by Gasteiger charge is -2.63. The van der Waals surface area contributed by atoms with Crippen LogP contribution in [0.5, 0.6) is 28.7 Å². The van der Waals surface area contributed by atoms with Crippen LogP contribution in [0, 0.1) is 23.7 Å². The molecule has 8 nitrogen and oxygen atoms in total. The second kappa shape index (κ2) is 13.0. The zero-order valence-electron chi connectivity index (χ0n) is 28.0. The predicted molar refractivity (Wildman–Crippen MR) is 193 cm³/mol. The maximum Gasteiger partial charge on any atom is 0.169 e. The van der Waals surface area contributed by atoms with Gasteiger partial charge in [-0.3, -0.25) is 0 Å². The van der Waals surface area contributed by atoms with Gasteiger partial charge in [0.05, 0.1) is 17.1 Å². The number of hydrogen-bond donors (Lipinski definition) is 7. The molecule has 0 unspecified atom stereocenters. The normalized spacial score (nSPS) is 28.3. The average molecular weight is 676 g/mol. The van der Waals surface area contributed by atoms with Gasteiger partial charge in [0.15, 0.2) is 23.0 Å². The summed E-state index contributed by atoms with van der Waals surface area (Å²) in [6, 6.07) is 18.3. The van der Waals surface area contributed by atoms with E-state index in [-0.39, 0.29) is 58.4 Å². The van der Waals surface area contributed by atoms with Crippen molar-refractivity contribution in [2.75, 3.05) is 6.61 Å². The number of rotatable bonds is 9. The molecule has 4 bridgehead atoms. The number of nitrogens with one attached hydrogen (secondary N) is 1. The Morgan fingerprint density at radius 2 is 1.58 bits per heavy atom. The third-order valence-electron chi connectivity index (χ3n) is 12.1. The summed E-state index contributed by atoms with van der Waals surface area (Å²) >= 11 is 0. The van der Waals surface area contributed by atoms with Gasteiger partial charge < -0.3 is 40.7 Å². The fraction of sp³-hybridized carbons (Fsp3) is 0.381. The Morgan fingerprint density at radius 3 is 2.38 bits per heavy atom. The fourth-order valence-corrected chi connectivity index (χ4v) is 9.52. The topological polar surface area (TPSA) is 143 Å². The highest BCUT2D eigenvalue weighted by atomic mass is 16.5. The molecule has 1 spiro atoms. The highest BCUT2D eigenvalue weighted by molar-refractivity contribution is 6.03. The van der Waals surface area contributed by atoms with Crippen molar-refractivity contribution < 1.29 is 35.4 Å². The number of phenolic OH excluding ortho intramolecular Hbond substituents is 5. The summed E-state index contributed by atoms with van der Waals surface area (Å²) in [5, 5.41) is 67.4. The summed E-state index contributed by atoms with van der Waals surface area (Å²) in [6.07, 6.45) is 14.9. The van der Waals surface area contributed by atoms with E-state index in [4.69, 9.17) is 4.74 Å². The molecule has 1 saturated carbocycles.